The maximum absolute atomic E-state index is 11.9. The fraction of sp³-hybridized carbons (Fsp3) is 0.0833. The number of nitrogens with zero attached hydrogens (tertiary/aromatic N) is 2. The van der Waals surface area contributed by atoms with Gasteiger partial charge < -0.3 is 9.52 Å². The first kappa shape index (κ1) is 11.8. The zero-order valence-electron chi connectivity index (χ0n) is 9.53. The lowest BCUT2D eigenvalue weighted by atomic mass is 10.3. The SMILES string of the molecule is CN(C(=O)c1ccco1)c1ccc(C(=O)O)cn1. The number of rotatable bonds is 3. The summed E-state index contributed by atoms with van der Waals surface area (Å²) in [7, 11) is 1.54. The van der Waals surface area contributed by atoms with Crippen molar-refractivity contribution in [3.8, 4) is 0 Å². The van der Waals surface area contributed by atoms with E-state index in [2.05, 4.69) is 4.98 Å². The number of carboxylic acid groups (broad SMARTS) is 1. The van der Waals surface area contributed by atoms with E-state index in [9.17, 15) is 9.59 Å². The quantitative estimate of drug-likeness (QED) is 0.890. The van der Waals surface area contributed by atoms with Crippen LogP contribution in [0.3, 0.4) is 0 Å². The Morgan fingerprint density at radius 3 is 2.61 bits per heavy atom. The number of hydrogen-bond acceptors (Lipinski definition) is 4. The van der Waals surface area contributed by atoms with Crippen LogP contribution >= 0.6 is 0 Å². The molecule has 0 aliphatic carbocycles. The molecule has 6 heteroatoms. The Morgan fingerprint density at radius 1 is 1.33 bits per heavy atom. The summed E-state index contributed by atoms with van der Waals surface area (Å²) in [6.45, 7) is 0. The maximum Gasteiger partial charge on any atom is 0.337 e. The molecule has 0 unspecified atom stereocenters. The average molecular weight is 246 g/mol. The first-order valence-electron chi connectivity index (χ1n) is 5.10. The van der Waals surface area contributed by atoms with Gasteiger partial charge in [0, 0.05) is 13.2 Å². The molecule has 0 atom stereocenters. The lowest BCUT2D eigenvalue weighted by Gasteiger charge is -2.14. The normalized spacial score (nSPS) is 10.1. The van der Waals surface area contributed by atoms with Crippen molar-refractivity contribution in [3.05, 3.63) is 48.0 Å². The standard InChI is InChI=1S/C12H10N2O4/c1-14(11(15)9-3-2-6-18-9)10-5-4-8(7-13-10)12(16)17/h2-7H,1H3,(H,16,17). The molecule has 0 bridgehead atoms. The van der Waals surface area contributed by atoms with Gasteiger partial charge >= 0.3 is 5.97 Å². The molecule has 0 spiro atoms. The molecule has 2 aromatic heterocycles. The van der Waals surface area contributed by atoms with Crippen molar-refractivity contribution < 1.29 is 19.1 Å². The Bertz CT molecular complexity index is 560. The monoisotopic (exact) mass is 246 g/mol. The van der Waals surface area contributed by atoms with Crippen molar-refractivity contribution in [2.45, 2.75) is 0 Å². The van der Waals surface area contributed by atoms with Crippen molar-refractivity contribution in [2.24, 2.45) is 0 Å². The first-order chi connectivity index (χ1) is 8.59. The van der Waals surface area contributed by atoms with Crippen molar-refractivity contribution in [1.29, 1.82) is 0 Å². The molecule has 2 rings (SSSR count). The van der Waals surface area contributed by atoms with Crippen LogP contribution in [0.1, 0.15) is 20.9 Å². The third kappa shape index (κ3) is 2.22. The lowest BCUT2D eigenvalue weighted by molar-refractivity contribution is 0.0696. The van der Waals surface area contributed by atoms with Gasteiger partial charge in [-0.25, -0.2) is 9.78 Å². The molecule has 92 valence electrons. The minimum Gasteiger partial charge on any atom is -0.478 e. The van der Waals surface area contributed by atoms with E-state index in [1.54, 1.807) is 12.1 Å². The second-order valence-corrected chi connectivity index (χ2v) is 3.55. The summed E-state index contributed by atoms with van der Waals surface area (Å²) in [4.78, 5) is 27.8. The van der Waals surface area contributed by atoms with Crippen molar-refractivity contribution in [2.75, 3.05) is 11.9 Å². The number of carboxylic acids is 1. The predicted octanol–water partition coefficient (Wildman–Crippen LogP) is 1.65. The highest BCUT2D eigenvalue weighted by molar-refractivity contribution is 6.03. The molecule has 1 amide bonds. The van der Waals surface area contributed by atoms with Crippen LogP contribution < -0.4 is 4.90 Å². The van der Waals surface area contributed by atoms with Crippen LogP contribution in [0.15, 0.2) is 41.1 Å². The van der Waals surface area contributed by atoms with Crippen molar-refractivity contribution in [3.63, 3.8) is 0 Å². The van der Waals surface area contributed by atoms with Crippen LogP contribution in [0, 0.1) is 0 Å². The van der Waals surface area contributed by atoms with Gasteiger partial charge in [0.15, 0.2) is 5.76 Å². The minimum absolute atomic E-state index is 0.0672. The number of amides is 1. The summed E-state index contributed by atoms with van der Waals surface area (Å²) >= 11 is 0. The van der Waals surface area contributed by atoms with Gasteiger partial charge in [0.2, 0.25) is 0 Å². The van der Waals surface area contributed by atoms with Gasteiger partial charge in [0.1, 0.15) is 5.82 Å². The van der Waals surface area contributed by atoms with E-state index in [1.165, 1.54) is 36.5 Å². The van der Waals surface area contributed by atoms with Crippen LogP contribution in [0.25, 0.3) is 0 Å². The lowest BCUT2D eigenvalue weighted by Crippen LogP contribution is -2.26. The number of carbonyl (C=O) groups excluding carboxylic acids is 1. The molecule has 0 aliphatic rings. The number of furan rings is 1. The summed E-state index contributed by atoms with van der Waals surface area (Å²) in [6, 6.07) is 6.01. The second kappa shape index (κ2) is 4.70. The Hall–Kier alpha value is -2.63. The van der Waals surface area contributed by atoms with E-state index in [-0.39, 0.29) is 17.2 Å². The molecular formula is C12H10N2O4. The molecule has 0 saturated carbocycles. The van der Waals surface area contributed by atoms with E-state index in [1.807, 2.05) is 0 Å². The number of anilines is 1. The second-order valence-electron chi connectivity index (χ2n) is 3.55. The van der Waals surface area contributed by atoms with E-state index in [0.717, 1.165) is 0 Å². The van der Waals surface area contributed by atoms with Crippen LogP contribution in [0.5, 0.6) is 0 Å². The van der Waals surface area contributed by atoms with Crippen LogP contribution in [-0.4, -0.2) is 29.0 Å². The highest BCUT2D eigenvalue weighted by atomic mass is 16.4. The third-order valence-corrected chi connectivity index (χ3v) is 2.38. The highest BCUT2D eigenvalue weighted by Crippen LogP contribution is 2.13. The zero-order valence-corrected chi connectivity index (χ0v) is 9.53. The van der Waals surface area contributed by atoms with Crippen LogP contribution in [-0.2, 0) is 0 Å². The van der Waals surface area contributed by atoms with Crippen molar-refractivity contribution >= 4 is 17.7 Å². The molecule has 18 heavy (non-hydrogen) atoms. The highest BCUT2D eigenvalue weighted by Gasteiger charge is 2.17. The number of pyridine rings is 1. The molecule has 6 nitrogen and oxygen atoms in total. The minimum atomic E-state index is -1.06. The van der Waals surface area contributed by atoms with Gasteiger partial charge in [-0.15, -0.1) is 0 Å². The largest absolute Gasteiger partial charge is 0.478 e. The molecule has 0 fully saturated rings. The van der Waals surface area contributed by atoms with Gasteiger partial charge in [-0.2, -0.15) is 0 Å². The predicted molar refractivity (Wildman–Crippen MR) is 62.6 cm³/mol. The Balaban J connectivity index is 2.21. The number of aromatic nitrogens is 1. The van der Waals surface area contributed by atoms with Crippen LogP contribution in [0.2, 0.25) is 0 Å². The van der Waals surface area contributed by atoms with Gasteiger partial charge in [-0.1, -0.05) is 0 Å². The zero-order chi connectivity index (χ0) is 13.1. The number of aromatic carboxylic acids is 1. The molecule has 0 radical (unpaired) electrons. The Kier molecular flexibility index (Phi) is 3.09. The van der Waals surface area contributed by atoms with Crippen molar-refractivity contribution in [1.82, 2.24) is 4.98 Å². The molecular weight excluding hydrogens is 236 g/mol. The van der Waals surface area contributed by atoms with Gasteiger partial charge in [0.05, 0.1) is 11.8 Å². The summed E-state index contributed by atoms with van der Waals surface area (Å²) in [5.41, 5.74) is 0.0672. The maximum atomic E-state index is 11.9. The molecule has 0 aliphatic heterocycles. The Morgan fingerprint density at radius 2 is 2.11 bits per heavy atom. The van der Waals surface area contributed by atoms with Gasteiger partial charge in [-0.05, 0) is 24.3 Å². The molecule has 1 N–H and O–H groups in total. The van der Waals surface area contributed by atoms with Gasteiger partial charge in [-0.3, -0.25) is 9.69 Å². The molecule has 0 aromatic carbocycles. The molecule has 2 heterocycles. The summed E-state index contributed by atoms with van der Waals surface area (Å²) < 4.78 is 4.99. The third-order valence-electron chi connectivity index (χ3n) is 2.38. The summed E-state index contributed by atoms with van der Waals surface area (Å²) in [5.74, 6) is -0.868. The number of carbonyl (C=O) groups is 2. The van der Waals surface area contributed by atoms with E-state index >= 15 is 0 Å². The topological polar surface area (TPSA) is 83.6 Å². The first-order valence-corrected chi connectivity index (χ1v) is 5.10. The van der Waals surface area contributed by atoms with E-state index in [0.29, 0.717) is 5.82 Å². The fourth-order valence-electron chi connectivity index (χ4n) is 1.38. The number of hydrogen-bond donors (Lipinski definition) is 1. The summed E-state index contributed by atoms with van der Waals surface area (Å²) in [6.07, 6.45) is 2.60. The molecule has 0 saturated heterocycles. The Labute approximate surface area is 102 Å². The van der Waals surface area contributed by atoms with Crippen LogP contribution in [0.4, 0.5) is 5.82 Å². The molecule has 2 aromatic rings. The van der Waals surface area contributed by atoms with E-state index < -0.39 is 5.97 Å². The fourth-order valence-corrected chi connectivity index (χ4v) is 1.38. The average Bonchev–Trinajstić information content (AvgIpc) is 2.91. The summed E-state index contributed by atoms with van der Waals surface area (Å²) in [5, 5.41) is 8.74. The smallest absolute Gasteiger partial charge is 0.337 e. The van der Waals surface area contributed by atoms with E-state index in [4.69, 9.17) is 9.52 Å². The van der Waals surface area contributed by atoms with Gasteiger partial charge in [0.25, 0.3) is 5.91 Å².